The molecule has 3 heteroatoms. The van der Waals surface area contributed by atoms with E-state index < -0.39 is 0 Å². The summed E-state index contributed by atoms with van der Waals surface area (Å²) < 4.78 is 5.86. The van der Waals surface area contributed by atoms with E-state index in [0.717, 1.165) is 27.7 Å². The zero-order valence-corrected chi connectivity index (χ0v) is 13.1. The molecule has 0 saturated heterocycles. The Hall–Kier alpha value is -1.67. The van der Waals surface area contributed by atoms with Crippen LogP contribution in [0.1, 0.15) is 26.3 Å². The highest BCUT2D eigenvalue weighted by Gasteiger charge is 2.12. The van der Waals surface area contributed by atoms with Gasteiger partial charge in [0.25, 0.3) is 0 Å². The summed E-state index contributed by atoms with van der Waals surface area (Å²) in [5, 5.41) is 4.09. The van der Waals surface area contributed by atoms with Gasteiger partial charge in [-0.05, 0) is 69.7 Å². The summed E-state index contributed by atoms with van der Waals surface area (Å²) in [6.07, 6.45) is 0. The van der Waals surface area contributed by atoms with Crippen molar-refractivity contribution in [3.05, 3.63) is 53.1 Å². The van der Waals surface area contributed by atoms with Crippen LogP contribution < -0.4 is 10.1 Å². The van der Waals surface area contributed by atoms with Gasteiger partial charge in [0.1, 0.15) is 11.4 Å². The molecule has 106 valence electrons. The quantitative estimate of drug-likeness (QED) is 0.797. The number of aryl methyl sites for hydroxylation is 1. The van der Waals surface area contributed by atoms with Gasteiger partial charge in [-0.1, -0.05) is 17.7 Å². The van der Waals surface area contributed by atoms with E-state index in [9.17, 15) is 0 Å². The van der Waals surface area contributed by atoms with Crippen LogP contribution in [0.4, 0.5) is 11.4 Å². The number of hydrogen-bond donors (Lipinski definition) is 1. The highest BCUT2D eigenvalue weighted by Crippen LogP contribution is 2.27. The Bertz CT molecular complexity index is 602. The maximum Gasteiger partial charge on any atom is 0.120 e. The zero-order valence-electron chi connectivity index (χ0n) is 12.3. The molecule has 0 saturated carbocycles. The van der Waals surface area contributed by atoms with E-state index in [4.69, 9.17) is 16.3 Å². The van der Waals surface area contributed by atoms with Crippen LogP contribution in [0.2, 0.25) is 5.02 Å². The highest BCUT2D eigenvalue weighted by molar-refractivity contribution is 6.30. The molecule has 0 unspecified atom stereocenters. The second-order valence-corrected chi connectivity index (χ2v) is 6.26. The second-order valence-electron chi connectivity index (χ2n) is 5.83. The molecule has 0 spiro atoms. The molecule has 0 aliphatic carbocycles. The minimum absolute atomic E-state index is 0.186. The minimum Gasteiger partial charge on any atom is -0.488 e. The molecule has 0 fully saturated rings. The predicted octanol–water partition coefficient (Wildman–Crippen LogP) is 5.57. The van der Waals surface area contributed by atoms with E-state index in [1.165, 1.54) is 0 Å². The van der Waals surface area contributed by atoms with Crippen molar-refractivity contribution in [1.82, 2.24) is 0 Å². The fourth-order valence-electron chi connectivity index (χ4n) is 1.92. The molecule has 2 aromatic carbocycles. The fraction of sp³-hybridized carbons (Fsp3) is 0.294. The molecule has 0 aromatic heterocycles. The molecule has 1 N–H and O–H groups in total. The third kappa shape index (κ3) is 4.17. The van der Waals surface area contributed by atoms with Crippen LogP contribution in [-0.2, 0) is 0 Å². The first-order valence-corrected chi connectivity index (χ1v) is 7.03. The maximum atomic E-state index is 5.99. The summed E-state index contributed by atoms with van der Waals surface area (Å²) in [4.78, 5) is 0. The third-order valence-electron chi connectivity index (χ3n) is 2.73. The molecular formula is C17H20ClNO. The lowest BCUT2D eigenvalue weighted by Gasteiger charge is -2.22. The van der Waals surface area contributed by atoms with Crippen LogP contribution >= 0.6 is 11.6 Å². The molecule has 0 bridgehead atoms. The topological polar surface area (TPSA) is 21.3 Å². The van der Waals surface area contributed by atoms with Gasteiger partial charge < -0.3 is 10.1 Å². The normalized spacial score (nSPS) is 11.2. The van der Waals surface area contributed by atoms with Gasteiger partial charge in [0.2, 0.25) is 0 Å². The number of hydrogen-bond acceptors (Lipinski definition) is 2. The Labute approximate surface area is 125 Å². The Balaban J connectivity index is 2.18. The van der Waals surface area contributed by atoms with Gasteiger partial charge in [0.15, 0.2) is 0 Å². The molecular weight excluding hydrogens is 270 g/mol. The Morgan fingerprint density at radius 2 is 1.80 bits per heavy atom. The van der Waals surface area contributed by atoms with Gasteiger partial charge >= 0.3 is 0 Å². The van der Waals surface area contributed by atoms with E-state index in [1.54, 1.807) is 0 Å². The zero-order chi connectivity index (χ0) is 14.8. The largest absolute Gasteiger partial charge is 0.488 e. The molecule has 0 heterocycles. The summed E-state index contributed by atoms with van der Waals surface area (Å²) >= 11 is 5.99. The van der Waals surface area contributed by atoms with Crippen molar-refractivity contribution in [2.45, 2.75) is 33.3 Å². The van der Waals surface area contributed by atoms with Crippen molar-refractivity contribution in [2.24, 2.45) is 0 Å². The Morgan fingerprint density at radius 1 is 1.05 bits per heavy atom. The maximum absolute atomic E-state index is 5.99. The third-order valence-corrected chi connectivity index (χ3v) is 2.96. The smallest absolute Gasteiger partial charge is 0.120 e. The van der Waals surface area contributed by atoms with Gasteiger partial charge in [0.05, 0.1) is 0 Å². The summed E-state index contributed by atoms with van der Waals surface area (Å²) in [5.74, 6) is 0.881. The summed E-state index contributed by atoms with van der Waals surface area (Å²) in [6.45, 7) is 8.18. The lowest BCUT2D eigenvalue weighted by atomic mass is 10.1. The molecule has 0 atom stereocenters. The van der Waals surface area contributed by atoms with Crippen molar-refractivity contribution in [1.29, 1.82) is 0 Å². The molecule has 0 aliphatic heterocycles. The number of rotatable bonds is 3. The molecule has 0 radical (unpaired) electrons. The van der Waals surface area contributed by atoms with Crippen molar-refractivity contribution in [3.63, 3.8) is 0 Å². The van der Waals surface area contributed by atoms with Crippen LogP contribution in [0.15, 0.2) is 42.5 Å². The van der Waals surface area contributed by atoms with Crippen LogP contribution in [-0.4, -0.2) is 5.60 Å². The molecule has 20 heavy (non-hydrogen) atoms. The van der Waals surface area contributed by atoms with Crippen molar-refractivity contribution < 1.29 is 4.74 Å². The predicted molar refractivity (Wildman–Crippen MR) is 86.3 cm³/mol. The van der Waals surface area contributed by atoms with Crippen LogP contribution in [0, 0.1) is 6.92 Å². The van der Waals surface area contributed by atoms with Gasteiger partial charge in [-0.25, -0.2) is 0 Å². The van der Waals surface area contributed by atoms with Gasteiger partial charge in [0, 0.05) is 16.4 Å². The Kier molecular flexibility index (Phi) is 4.24. The van der Waals surface area contributed by atoms with Crippen molar-refractivity contribution >= 4 is 23.0 Å². The van der Waals surface area contributed by atoms with Crippen LogP contribution in [0.3, 0.4) is 0 Å². The number of nitrogens with one attached hydrogen (secondary N) is 1. The van der Waals surface area contributed by atoms with E-state index in [2.05, 4.69) is 12.2 Å². The van der Waals surface area contributed by atoms with Crippen molar-refractivity contribution in [3.8, 4) is 5.75 Å². The van der Waals surface area contributed by atoms with E-state index >= 15 is 0 Å². The summed E-state index contributed by atoms with van der Waals surface area (Å²) in [6, 6.07) is 13.7. The molecule has 0 amide bonds. The molecule has 0 aliphatic rings. The molecule has 2 aromatic rings. The lowest BCUT2D eigenvalue weighted by Crippen LogP contribution is -2.22. The Morgan fingerprint density at radius 3 is 2.40 bits per heavy atom. The van der Waals surface area contributed by atoms with E-state index in [1.807, 2.05) is 63.2 Å². The molecule has 2 rings (SSSR count). The number of benzene rings is 2. The SMILES string of the molecule is Cc1cc(OC(C)(C)C)ccc1Nc1cccc(Cl)c1. The standard InChI is InChI=1S/C17H20ClNO/c1-12-10-15(20-17(2,3)4)8-9-16(12)19-14-7-5-6-13(18)11-14/h5-11,19H,1-4H3. The first-order valence-electron chi connectivity index (χ1n) is 6.66. The van der Waals surface area contributed by atoms with Gasteiger partial charge in [-0.15, -0.1) is 0 Å². The summed E-state index contributed by atoms with van der Waals surface area (Å²) in [5.41, 5.74) is 2.97. The highest BCUT2D eigenvalue weighted by atomic mass is 35.5. The minimum atomic E-state index is -0.186. The van der Waals surface area contributed by atoms with Gasteiger partial charge in [-0.2, -0.15) is 0 Å². The first kappa shape index (κ1) is 14.7. The van der Waals surface area contributed by atoms with Crippen LogP contribution in [0.25, 0.3) is 0 Å². The second kappa shape index (κ2) is 5.76. The summed E-state index contributed by atoms with van der Waals surface area (Å²) in [7, 11) is 0. The van der Waals surface area contributed by atoms with E-state index in [0.29, 0.717) is 0 Å². The average Bonchev–Trinajstić information content (AvgIpc) is 2.31. The molecule has 2 nitrogen and oxygen atoms in total. The first-order chi connectivity index (χ1) is 9.33. The van der Waals surface area contributed by atoms with E-state index in [-0.39, 0.29) is 5.60 Å². The lowest BCUT2D eigenvalue weighted by molar-refractivity contribution is 0.131. The number of anilines is 2. The number of halogens is 1. The van der Waals surface area contributed by atoms with Gasteiger partial charge in [-0.3, -0.25) is 0 Å². The average molecular weight is 290 g/mol. The fourth-order valence-corrected chi connectivity index (χ4v) is 2.11. The monoisotopic (exact) mass is 289 g/mol. The van der Waals surface area contributed by atoms with Crippen LogP contribution in [0.5, 0.6) is 5.75 Å². The number of ether oxygens (including phenoxy) is 1. The van der Waals surface area contributed by atoms with Crippen molar-refractivity contribution in [2.75, 3.05) is 5.32 Å².